The smallest absolute Gasteiger partial charge is 0.339 e. The van der Waals surface area contributed by atoms with Gasteiger partial charge in [0.15, 0.2) is 0 Å². The van der Waals surface area contributed by atoms with Crippen LogP contribution in [-0.4, -0.2) is 11.1 Å². The van der Waals surface area contributed by atoms with Crippen molar-refractivity contribution in [3.05, 3.63) is 63.4 Å². The quantitative estimate of drug-likeness (QED) is 0.912. The number of carboxylic acid groups (broad SMARTS) is 1. The number of rotatable bonds is 4. The topological polar surface area (TPSA) is 70.3 Å². The summed E-state index contributed by atoms with van der Waals surface area (Å²) in [7, 11) is 0. The van der Waals surface area contributed by atoms with E-state index in [9.17, 15) is 9.18 Å². The van der Waals surface area contributed by atoms with Gasteiger partial charge in [-0.1, -0.05) is 22.0 Å². The van der Waals surface area contributed by atoms with E-state index in [0.717, 1.165) is 6.07 Å². The van der Waals surface area contributed by atoms with Crippen LogP contribution < -0.4 is 4.74 Å². The van der Waals surface area contributed by atoms with Gasteiger partial charge in [0.2, 0.25) is 0 Å². The van der Waals surface area contributed by atoms with Gasteiger partial charge in [0.05, 0.1) is 11.6 Å². The summed E-state index contributed by atoms with van der Waals surface area (Å²) in [6.45, 7) is -0.0227. The lowest BCUT2D eigenvalue weighted by Gasteiger charge is -2.10. The molecule has 0 amide bonds. The van der Waals surface area contributed by atoms with E-state index in [0.29, 0.717) is 10.0 Å². The Hall–Kier alpha value is -2.39. The van der Waals surface area contributed by atoms with Crippen molar-refractivity contribution in [2.24, 2.45) is 0 Å². The molecule has 0 spiro atoms. The van der Waals surface area contributed by atoms with Gasteiger partial charge in [-0.2, -0.15) is 5.26 Å². The van der Waals surface area contributed by atoms with Crippen molar-refractivity contribution in [2.45, 2.75) is 6.61 Å². The second kappa shape index (κ2) is 6.37. The van der Waals surface area contributed by atoms with Crippen LogP contribution >= 0.6 is 15.9 Å². The molecule has 0 radical (unpaired) electrons. The summed E-state index contributed by atoms with van der Waals surface area (Å²) in [4.78, 5) is 11.2. The van der Waals surface area contributed by atoms with Gasteiger partial charge < -0.3 is 9.84 Å². The number of carboxylic acids is 1. The Morgan fingerprint density at radius 3 is 2.76 bits per heavy atom. The number of benzene rings is 2. The molecule has 0 bridgehead atoms. The lowest BCUT2D eigenvalue weighted by molar-refractivity contribution is 0.0691. The van der Waals surface area contributed by atoms with Gasteiger partial charge in [0.25, 0.3) is 0 Å². The maximum Gasteiger partial charge on any atom is 0.339 e. The summed E-state index contributed by atoms with van der Waals surface area (Å²) < 4.78 is 19.1. The third-order valence-corrected chi connectivity index (χ3v) is 3.24. The summed E-state index contributed by atoms with van der Waals surface area (Å²) in [5, 5.41) is 18.1. The molecule has 0 heterocycles. The Morgan fingerprint density at radius 2 is 2.10 bits per heavy atom. The maximum absolute atomic E-state index is 13.0. The van der Waals surface area contributed by atoms with Crippen LogP contribution in [0.25, 0.3) is 0 Å². The molecule has 0 fully saturated rings. The molecular formula is C15H9BrFNO3. The van der Waals surface area contributed by atoms with Crippen LogP contribution in [0.15, 0.2) is 40.9 Å². The highest BCUT2D eigenvalue weighted by atomic mass is 79.9. The molecule has 1 N–H and O–H groups in total. The van der Waals surface area contributed by atoms with E-state index in [1.807, 2.05) is 6.07 Å². The molecule has 106 valence electrons. The van der Waals surface area contributed by atoms with Gasteiger partial charge in [-0.3, -0.25) is 0 Å². The first-order valence-electron chi connectivity index (χ1n) is 5.85. The molecule has 0 aliphatic heterocycles. The minimum Gasteiger partial charge on any atom is -0.488 e. The monoisotopic (exact) mass is 349 g/mol. The number of nitriles is 1. The van der Waals surface area contributed by atoms with Crippen LogP contribution in [0.3, 0.4) is 0 Å². The average molecular weight is 350 g/mol. The van der Waals surface area contributed by atoms with Crippen LogP contribution in [-0.2, 0) is 6.61 Å². The van der Waals surface area contributed by atoms with E-state index in [1.54, 1.807) is 6.07 Å². The van der Waals surface area contributed by atoms with Crippen LogP contribution in [0.5, 0.6) is 5.75 Å². The molecule has 21 heavy (non-hydrogen) atoms. The van der Waals surface area contributed by atoms with Crippen LogP contribution in [0.4, 0.5) is 4.39 Å². The molecule has 6 heteroatoms. The maximum atomic E-state index is 13.0. The third kappa shape index (κ3) is 3.58. The fourth-order valence-corrected chi connectivity index (χ4v) is 2.09. The fourth-order valence-electron chi connectivity index (χ4n) is 1.73. The van der Waals surface area contributed by atoms with E-state index in [-0.39, 0.29) is 23.5 Å². The molecule has 0 aromatic heterocycles. The van der Waals surface area contributed by atoms with Gasteiger partial charge in [0.1, 0.15) is 23.7 Å². The molecule has 2 aromatic rings. The fraction of sp³-hybridized carbons (Fsp3) is 0.0667. The Kier molecular flexibility index (Phi) is 4.55. The van der Waals surface area contributed by atoms with Crippen molar-refractivity contribution >= 4 is 21.9 Å². The van der Waals surface area contributed by atoms with E-state index in [2.05, 4.69) is 15.9 Å². The minimum atomic E-state index is -1.12. The van der Waals surface area contributed by atoms with E-state index in [4.69, 9.17) is 15.1 Å². The Bertz CT molecular complexity index is 740. The van der Waals surface area contributed by atoms with Crippen LogP contribution in [0, 0.1) is 17.1 Å². The number of ether oxygens (including phenoxy) is 1. The number of halogens is 2. The number of hydrogen-bond donors (Lipinski definition) is 1. The number of aromatic carboxylic acids is 1. The largest absolute Gasteiger partial charge is 0.488 e. The molecule has 2 rings (SSSR count). The van der Waals surface area contributed by atoms with Gasteiger partial charge >= 0.3 is 5.97 Å². The van der Waals surface area contributed by atoms with Crippen molar-refractivity contribution in [3.8, 4) is 11.8 Å². The van der Waals surface area contributed by atoms with Gasteiger partial charge in [-0.05, 0) is 30.3 Å². The first-order chi connectivity index (χ1) is 10.0. The highest BCUT2D eigenvalue weighted by Gasteiger charge is 2.13. The van der Waals surface area contributed by atoms with Crippen molar-refractivity contribution in [3.63, 3.8) is 0 Å². The van der Waals surface area contributed by atoms with E-state index in [1.165, 1.54) is 24.3 Å². The second-order valence-corrected chi connectivity index (χ2v) is 5.06. The van der Waals surface area contributed by atoms with Crippen molar-refractivity contribution in [1.82, 2.24) is 0 Å². The Morgan fingerprint density at radius 1 is 1.33 bits per heavy atom. The molecule has 0 aliphatic carbocycles. The predicted octanol–water partition coefficient (Wildman–Crippen LogP) is 3.74. The van der Waals surface area contributed by atoms with Crippen molar-refractivity contribution < 1.29 is 19.0 Å². The van der Waals surface area contributed by atoms with E-state index >= 15 is 0 Å². The summed E-state index contributed by atoms with van der Waals surface area (Å²) in [6, 6.07) is 10.2. The number of hydrogen-bond acceptors (Lipinski definition) is 3. The standard InChI is InChI=1S/C15H9BrFNO3/c16-11-2-4-14(13(6-11)15(19)20)21-8-9-1-3-12(17)5-10(9)7-18/h1-6H,8H2,(H,19,20). The van der Waals surface area contributed by atoms with Crippen LogP contribution in [0.1, 0.15) is 21.5 Å². The van der Waals surface area contributed by atoms with Crippen molar-refractivity contribution in [2.75, 3.05) is 0 Å². The summed E-state index contributed by atoms with van der Waals surface area (Å²) in [5.41, 5.74) is 0.645. The SMILES string of the molecule is N#Cc1cc(F)ccc1COc1ccc(Br)cc1C(=O)O. The minimum absolute atomic E-state index is 0.00462. The highest BCUT2D eigenvalue weighted by Crippen LogP contribution is 2.24. The molecule has 0 saturated carbocycles. The third-order valence-electron chi connectivity index (χ3n) is 2.75. The van der Waals surface area contributed by atoms with Gasteiger partial charge in [0, 0.05) is 10.0 Å². The van der Waals surface area contributed by atoms with Crippen LogP contribution in [0.2, 0.25) is 0 Å². The second-order valence-electron chi connectivity index (χ2n) is 4.15. The van der Waals surface area contributed by atoms with Gasteiger partial charge in [-0.15, -0.1) is 0 Å². The summed E-state index contributed by atoms with van der Waals surface area (Å²) in [6.07, 6.45) is 0. The average Bonchev–Trinajstić information content (AvgIpc) is 2.46. The molecule has 2 aromatic carbocycles. The zero-order valence-electron chi connectivity index (χ0n) is 10.6. The normalized spacial score (nSPS) is 9.95. The Balaban J connectivity index is 2.25. The zero-order chi connectivity index (χ0) is 15.4. The zero-order valence-corrected chi connectivity index (χ0v) is 12.2. The molecular weight excluding hydrogens is 341 g/mol. The number of carbonyl (C=O) groups is 1. The summed E-state index contributed by atoms with van der Waals surface area (Å²) in [5.74, 6) is -1.45. The highest BCUT2D eigenvalue weighted by molar-refractivity contribution is 9.10. The lowest BCUT2D eigenvalue weighted by Crippen LogP contribution is -2.04. The Labute approximate surface area is 128 Å². The van der Waals surface area contributed by atoms with Crippen molar-refractivity contribution in [1.29, 1.82) is 5.26 Å². The predicted molar refractivity (Wildman–Crippen MR) is 76.5 cm³/mol. The summed E-state index contributed by atoms with van der Waals surface area (Å²) >= 11 is 3.19. The lowest BCUT2D eigenvalue weighted by atomic mass is 10.1. The molecule has 0 saturated heterocycles. The first kappa shape index (κ1) is 15.0. The molecule has 4 nitrogen and oxygen atoms in total. The number of nitrogens with zero attached hydrogens (tertiary/aromatic N) is 1. The van der Waals surface area contributed by atoms with E-state index < -0.39 is 11.8 Å². The van der Waals surface area contributed by atoms with Gasteiger partial charge in [-0.25, -0.2) is 9.18 Å². The molecule has 0 atom stereocenters. The first-order valence-corrected chi connectivity index (χ1v) is 6.64. The molecule has 0 unspecified atom stereocenters. The molecule has 0 aliphatic rings.